The van der Waals surface area contributed by atoms with Gasteiger partial charge in [0.05, 0.1) is 5.60 Å². The van der Waals surface area contributed by atoms with Crippen molar-refractivity contribution in [2.24, 2.45) is 5.92 Å². The lowest BCUT2D eigenvalue weighted by Gasteiger charge is -2.42. The molecule has 0 aromatic carbocycles. The lowest BCUT2D eigenvalue weighted by Crippen LogP contribution is -2.54. The lowest BCUT2D eigenvalue weighted by atomic mass is 9.78. The van der Waals surface area contributed by atoms with Crippen molar-refractivity contribution in [3.63, 3.8) is 0 Å². The van der Waals surface area contributed by atoms with Crippen molar-refractivity contribution in [2.75, 3.05) is 0 Å². The van der Waals surface area contributed by atoms with Crippen molar-refractivity contribution in [3.8, 4) is 0 Å². The molecule has 0 aromatic heterocycles. The lowest BCUT2D eigenvalue weighted by molar-refractivity contribution is -0.192. The third kappa shape index (κ3) is 3.06. The molecule has 1 atom stereocenters. The molecule has 0 saturated heterocycles. The average molecular weight is 214 g/mol. The first-order chi connectivity index (χ1) is 6.52. The van der Waals surface area contributed by atoms with Crippen LogP contribution in [0.3, 0.4) is 0 Å². The van der Waals surface area contributed by atoms with Gasteiger partial charge in [0, 0.05) is 5.57 Å². The van der Waals surface area contributed by atoms with E-state index < -0.39 is 17.2 Å². The van der Waals surface area contributed by atoms with Gasteiger partial charge in [-0.2, -0.15) is 0 Å². The predicted octanol–water partition coefficient (Wildman–Crippen LogP) is 2.29. The Morgan fingerprint density at radius 1 is 1.33 bits per heavy atom. The minimum Gasteiger partial charge on any atom is -0.453 e. The smallest absolute Gasteiger partial charge is 0.333 e. The van der Waals surface area contributed by atoms with Gasteiger partial charge in [0.1, 0.15) is 5.60 Å². The van der Waals surface area contributed by atoms with Crippen molar-refractivity contribution < 1.29 is 14.6 Å². The largest absolute Gasteiger partial charge is 0.453 e. The Bertz CT molecular complexity index is 261. The Morgan fingerprint density at radius 3 is 1.93 bits per heavy atom. The molecule has 0 radical (unpaired) electrons. The Morgan fingerprint density at radius 2 is 1.73 bits per heavy atom. The zero-order chi connectivity index (χ0) is 12.4. The van der Waals surface area contributed by atoms with Crippen LogP contribution < -0.4 is 0 Å². The van der Waals surface area contributed by atoms with Gasteiger partial charge in [0.15, 0.2) is 0 Å². The molecule has 15 heavy (non-hydrogen) atoms. The molecule has 3 heteroatoms. The van der Waals surface area contributed by atoms with Gasteiger partial charge in [0.25, 0.3) is 0 Å². The van der Waals surface area contributed by atoms with Gasteiger partial charge in [0.2, 0.25) is 0 Å². The van der Waals surface area contributed by atoms with Crippen LogP contribution in [-0.4, -0.2) is 22.3 Å². The summed E-state index contributed by atoms with van der Waals surface area (Å²) in [5.41, 5.74) is -1.67. The SMILES string of the molecule is C=C(C)C(=O)OC(C)(C(C)C)C(C)(C)O. The topological polar surface area (TPSA) is 46.5 Å². The van der Waals surface area contributed by atoms with Crippen LogP contribution in [0.4, 0.5) is 0 Å². The maximum atomic E-state index is 11.5. The first-order valence-corrected chi connectivity index (χ1v) is 5.13. The van der Waals surface area contributed by atoms with Crippen LogP contribution in [-0.2, 0) is 9.53 Å². The third-order valence-corrected chi connectivity index (χ3v) is 2.97. The molecule has 88 valence electrons. The van der Waals surface area contributed by atoms with Crippen LogP contribution >= 0.6 is 0 Å². The molecule has 1 N–H and O–H groups in total. The van der Waals surface area contributed by atoms with Crippen molar-refractivity contribution in [3.05, 3.63) is 12.2 Å². The van der Waals surface area contributed by atoms with Crippen LogP contribution in [0.1, 0.15) is 41.5 Å². The molecular weight excluding hydrogens is 192 g/mol. The zero-order valence-electron chi connectivity index (χ0n) is 10.5. The van der Waals surface area contributed by atoms with Gasteiger partial charge in [-0.05, 0) is 33.6 Å². The van der Waals surface area contributed by atoms with E-state index in [1.807, 2.05) is 13.8 Å². The van der Waals surface area contributed by atoms with Crippen molar-refractivity contribution in [1.82, 2.24) is 0 Å². The number of esters is 1. The summed E-state index contributed by atoms with van der Waals surface area (Å²) in [7, 11) is 0. The Kier molecular flexibility index (Phi) is 4.11. The molecule has 0 saturated carbocycles. The number of hydrogen-bond acceptors (Lipinski definition) is 3. The zero-order valence-corrected chi connectivity index (χ0v) is 10.5. The van der Waals surface area contributed by atoms with Crippen LogP contribution in [0.15, 0.2) is 12.2 Å². The summed E-state index contributed by atoms with van der Waals surface area (Å²) in [5.74, 6) is -0.450. The highest BCUT2D eigenvalue weighted by Crippen LogP contribution is 2.33. The molecule has 0 bridgehead atoms. The number of carbonyl (C=O) groups excluding carboxylic acids is 1. The molecule has 1 unspecified atom stereocenters. The highest BCUT2D eigenvalue weighted by molar-refractivity contribution is 5.87. The predicted molar refractivity (Wildman–Crippen MR) is 60.4 cm³/mol. The fourth-order valence-corrected chi connectivity index (χ4v) is 1.23. The molecule has 0 aliphatic heterocycles. The average Bonchev–Trinajstić information content (AvgIpc) is 2.01. The summed E-state index contributed by atoms with van der Waals surface area (Å²) in [6.45, 7) is 13.9. The van der Waals surface area contributed by atoms with Gasteiger partial charge >= 0.3 is 5.97 Å². The van der Waals surface area contributed by atoms with Crippen LogP contribution in [0.2, 0.25) is 0 Å². The van der Waals surface area contributed by atoms with Crippen molar-refractivity contribution in [2.45, 2.75) is 52.7 Å². The molecule has 0 aromatic rings. The van der Waals surface area contributed by atoms with Crippen molar-refractivity contribution in [1.29, 1.82) is 0 Å². The molecule has 0 rings (SSSR count). The second kappa shape index (κ2) is 4.35. The molecule has 0 aliphatic rings. The molecule has 0 heterocycles. The van der Waals surface area contributed by atoms with Gasteiger partial charge in [-0.25, -0.2) is 4.79 Å². The van der Waals surface area contributed by atoms with E-state index in [1.54, 1.807) is 27.7 Å². The van der Waals surface area contributed by atoms with E-state index in [9.17, 15) is 9.90 Å². The molecule has 0 amide bonds. The van der Waals surface area contributed by atoms with E-state index in [0.717, 1.165) is 0 Å². The van der Waals surface area contributed by atoms with Gasteiger partial charge in [-0.3, -0.25) is 0 Å². The fourth-order valence-electron chi connectivity index (χ4n) is 1.23. The summed E-state index contributed by atoms with van der Waals surface area (Å²) in [6.07, 6.45) is 0. The Labute approximate surface area is 92.1 Å². The molecular formula is C12H22O3. The minimum absolute atomic E-state index is 0.0146. The standard InChI is InChI=1S/C12H22O3/c1-8(2)10(13)15-12(7,9(3)4)11(5,6)14/h9,14H,1H2,2-7H3. The molecule has 3 nitrogen and oxygen atoms in total. The highest BCUT2D eigenvalue weighted by atomic mass is 16.6. The Hall–Kier alpha value is -0.830. The summed E-state index contributed by atoms with van der Waals surface area (Å²) in [4.78, 5) is 11.5. The third-order valence-electron chi connectivity index (χ3n) is 2.97. The molecule has 0 aliphatic carbocycles. The first kappa shape index (κ1) is 14.2. The second-order valence-electron chi connectivity index (χ2n) is 4.99. The fraction of sp³-hybridized carbons (Fsp3) is 0.750. The van der Waals surface area contributed by atoms with E-state index in [-0.39, 0.29) is 5.92 Å². The van der Waals surface area contributed by atoms with Gasteiger partial charge < -0.3 is 9.84 Å². The normalized spacial score (nSPS) is 16.0. The van der Waals surface area contributed by atoms with E-state index >= 15 is 0 Å². The van der Waals surface area contributed by atoms with Crippen molar-refractivity contribution >= 4 is 5.97 Å². The summed E-state index contributed by atoms with van der Waals surface area (Å²) in [6, 6.07) is 0. The van der Waals surface area contributed by atoms with Crippen LogP contribution in [0, 0.1) is 5.92 Å². The number of hydrogen-bond donors (Lipinski definition) is 1. The van der Waals surface area contributed by atoms with Gasteiger partial charge in [-0.15, -0.1) is 0 Å². The van der Waals surface area contributed by atoms with E-state index in [0.29, 0.717) is 5.57 Å². The van der Waals surface area contributed by atoms with Crippen LogP contribution in [0.25, 0.3) is 0 Å². The number of carbonyl (C=O) groups is 1. The maximum Gasteiger partial charge on any atom is 0.333 e. The summed E-state index contributed by atoms with van der Waals surface area (Å²) >= 11 is 0. The second-order valence-corrected chi connectivity index (χ2v) is 4.99. The summed E-state index contributed by atoms with van der Waals surface area (Å²) in [5, 5.41) is 10.0. The maximum absolute atomic E-state index is 11.5. The summed E-state index contributed by atoms with van der Waals surface area (Å²) < 4.78 is 5.34. The minimum atomic E-state index is -1.09. The number of aliphatic hydroxyl groups is 1. The highest BCUT2D eigenvalue weighted by Gasteiger charge is 2.45. The molecule has 0 spiro atoms. The molecule has 0 fully saturated rings. The van der Waals surface area contributed by atoms with E-state index in [1.165, 1.54) is 0 Å². The number of ether oxygens (including phenoxy) is 1. The van der Waals surface area contributed by atoms with Crippen LogP contribution in [0.5, 0.6) is 0 Å². The monoisotopic (exact) mass is 214 g/mol. The van der Waals surface area contributed by atoms with E-state index in [2.05, 4.69) is 6.58 Å². The Balaban J connectivity index is 5.00. The first-order valence-electron chi connectivity index (χ1n) is 5.13. The van der Waals surface area contributed by atoms with E-state index in [4.69, 9.17) is 4.74 Å². The quantitative estimate of drug-likeness (QED) is 0.577. The number of rotatable bonds is 4. The van der Waals surface area contributed by atoms with Gasteiger partial charge in [-0.1, -0.05) is 20.4 Å².